The molecule has 26 heavy (non-hydrogen) atoms. The molecule has 6 heteroatoms. The van der Waals surface area contributed by atoms with Gasteiger partial charge in [0, 0.05) is 41.5 Å². The molecule has 2 saturated heterocycles. The molecule has 2 bridgehead atoms. The van der Waals surface area contributed by atoms with Crippen LogP contribution >= 0.6 is 11.8 Å². The Balaban J connectivity index is 1.70. The summed E-state index contributed by atoms with van der Waals surface area (Å²) >= 11 is 1.95. The number of thioether (sulfide) groups is 1. The number of benzene rings is 1. The van der Waals surface area contributed by atoms with Crippen molar-refractivity contribution >= 4 is 17.7 Å². The van der Waals surface area contributed by atoms with Gasteiger partial charge in [-0.3, -0.25) is 4.79 Å². The lowest BCUT2D eigenvalue weighted by molar-refractivity contribution is -0.135. The molecule has 0 aromatic heterocycles. The zero-order valence-electron chi connectivity index (χ0n) is 16.1. The molecule has 5 nitrogen and oxygen atoms in total. The van der Waals surface area contributed by atoms with E-state index in [1.165, 1.54) is 0 Å². The first kappa shape index (κ1) is 19.2. The van der Waals surface area contributed by atoms with Gasteiger partial charge in [-0.2, -0.15) is 11.8 Å². The molecule has 0 saturated carbocycles. The topological polar surface area (TPSA) is 48.0 Å². The van der Waals surface area contributed by atoms with Crippen molar-refractivity contribution in [3.05, 3.63) is 17.7 Å². The van der Waals surface area contributed by atoms with Gasteiger partial charge in [0.1, 0.15) is 17.2 Å². The van der Waals surface area contributed by atoms with Crippen LogP contribution in [0.25, 0.3) is 0 Å². The highest BCUT2D eigenvalue weighted by atomic mass is 32.2. The minimum atomic E-state index is 0.261. The minimum absolute atomic E-state index is 0.261. The summed E-state index contributed by atoms with van der Waals surface area (Å²) in [6.45, 7) is 0. The lowest BCUT2D eigenvalue weighted by Crippen LogP contribution is -2.47. The zero-order chi connectivity index (χ0) is 18.7. The summed E-state index contributed by atoms with van der Waals surface area (Å²) in [5, 5.41) is 0.707. The standard InChI is InChI=1S/C20H29NO4S/c1-23-15-11-18(24-2)17(19(12-15)25-3)7-8-20(22)21-13-5-6-14(21)10-16(9-13)26-4/h11-14,16H,5-10H2,1-4H3. The van der Waals surface area contributed by atoms with E-state index in [2.05, 4.69) is 11.2 Å². The fourth-order valence-corrected chi connectivity index (χ4v) is 5.24. The van der Waals surface area contributed by atoms with E-state index in [4.69, 9.17) is 14.2 Å². The molecule has 1 amide bonds. The van der Waals surface area contributed by atoms with Crippen molar-refractivity contribution in [2.75, 3.05) is 27.6 Å². The van der Waals surface area contributed by atoms with Gasteiger partial charge in [-0.05, 0) is 38.4 Å². The third-order valence-corrected chi connectivity index (χ3v) is 6.77. The maximum absolute atomic E-state index is 13.0. The van der Waals surface area contributed by atoms with Crippen LogP contribution in [0.1, 0.15) is 37.7 Å². The van der Waals surface area contributed by atoms with Crippen LogP contribution in [0.2, 0.25) is 0 Å². The van der Waals surface area contributed by atoms with Crippen molar-refractivity contribution in [2.24, 2.45) is 0 Å². The molecular formula is C20H29NO4S. The lowest BCUT2D eigenvalue weighted by Gasteiger charge is -2.38. The van der Waals surface area contributed by atoms with E-state index in [1.54, 1.807) is 21.3 Å². The number of amides is 1. The number of methoxy groups -OCH3 is 3. The van der Waals surface area contributed by atoms with Gasteiger partial charge < -0.3 is 19.1 Å². The summed E-state index contributed by atoms with van der Waals surface area (Å²) in [4.78, 5) is 15.1. The highest BCUT2D eigenvalue weighted by Gasteiger charge is 2.42. The van der Waals surface area contributed by atoms with Crippen molar-refractivity contribution in [3.63, 3.8) is 0 Å². The van der Waals surface area contributed by atoms with Crippen molar-refractivity contribution in [3.8, 4) is 17.2 Å². The van der Waals surface area contributed by atoms with Crippen molar-refractivity contribution < 1.29 is 19.0 Å². The second-order valence-corrected chi connectivity index (χ2v) is 8.16. The first-order chi connectivity index (χ1) is 12.6. The van der Waals surface area contributed by atoms with Crippen LogP contribution in [0.3, 0.4) is 0 Å². The van der Waals surface area contributed by atoms with E-state index >= 15 is 0 Å². The van der Waals surface area contributed by atoms with E-state index in [-0.39, 0.29) is 5.91 Å². The first-order valence-corrected chi connectivity index (χ1v) is 10.5. The number of ether oxygens (including phenoxy) is 3. The number of nitrogens with zero attached hydrogens (tertiary/aromatic N) is 1. The number of rotatable bonds is 7. The summed E-state index contributed by atoms with van der Waals surface area (Å²) < 4.78 is 16.3. The largest absolute Gasteiger partial charge is 0.496 e. The van der Waals surface area contributed by atoms with E-state index in [1.807, 2.05) is 23.9 Å². The number of fused-ring (bicyclic) bond motifs is 2. The van der Waals surface area contributed by atoms with Crippen LogP contribution in [0.4, 0.5) is 0 Å². The van der Waals surface area contributed by atoms with Crippen molar-refractivity contribution in [1.82, 2.24) is 4.90 Å². The van der Waals surface area contributed by atoms with E-state index in [9.17, 15) is 4.79 Å². The van der Waals surface area contributed by atoms with Crippen LogP contribution in [0, 0.1) is 0 Å². The summed E-state index contributed by atoms with van der Waals surface area (Å²) in [5.74, 6) is 2.36. The molecule has 3 rings (SSSR count). The Morgan fingerprint density at radius 2 is 1.65 bits per heavy atom. The number of piperidine rings is 1. The number of carbonyl (C=O) groups is 1. The second-order valence-electron chi connectivity index (χ2n) is 7.03. The van der Waals surface area contributed by atoms with Gasteiger partial charge in [-0.1, -0.05) is 0 Å². The Labute approximate surface area is 160 Å². The highest BCUT2D eigenvalue weighted by Crippen LogP contribution is 2.40. The Bertz CT molecular complexity index is 612. The molecule has 2 atom stereocenters. The normalized spacial score (nSPS) is 24.5. The molecule has 0 aliphatic carbocycles. The van der Waals surface area contributed by atoms with E-state index < -0.39 is 0 Å². The monoisotopic (exact) mass is 379 g/mol. The third kappa shape index (κ3) is 3.75. The number of carbonyl (C=O) groups excluding carboxylic acids is 1. The summed E-state index contributed by atoms with van der Waals surface area (Å²) in [6, 6.07) is 4.54. The molecule has 2 aliphatic heterocycles. The Hall–Kier alpha value is -1.56. The van der Waals surface area contributed by atoms with Crippen molar-refractivity contribution in [1.29, 1.82) is 0 Å². The van der Waals surface area contributed by atoms with Crippen LogP contribution < -0.4 is 14.2 Å². The van der Waals surface area contributed by atoms with Gasteiger partial charge >= 0.3 is 0 Å². The Morgan fingerprint density at radius 1 is 1.08 bits per heavy atom. The van der Waals surface area contributed by atoms with Crippen LogP contribution in [-0.2, 0) is 11.2 Å². The fourth-order valence-electron chi connectivity index (χ4n) is 4.41. The van der Waals surface area contributed by atoms with Gasteiger partial charge in [0.25, 0.3) is 0 Å². The van der Waals surface area contributed by atoms with E-state index in [0.29, 0.717) is 47.4 Å². The second kappa shape index (κ2) is 8.42. The molecule has 144 valence electrons. The molecule has 1 aromatic rings. The highest BCUT2D eigenvalue weighted by molar-refractivity contribution is 7.99. The molecular weight excluding hydrogens is 350 g/mol. The van der Waals surface area contributed by atoms with Gasteiger partial charge in [0.2, 0.25) is 5.91 Å². The maximum atomic E-state index is 13.0. The average molecular weight is 380 g/mol. The molecule has 2 fully saturated rings. The Kier molecular flexibility index (Phi) is 6.22. The third-order valence-electron chi connectivity index (χ3n) is 5.72. The number of hydrogen-bond acceptors (Lipinski definition) is 5. The Morgan fingerprint density at radius 3 is 2.12 bits per heavy atom. The summed E-state index contributed by atoms with van der Waals surface area (Å²) in [5.41, 5.74) is 0.926. The van der Waals surface area contributed by atoms with Gasteiger partial charge in [-0.15, -0.1) is 0 Å². The quantitative estimate of drug-likeness (QED) is 0.725. The van der Waals surface area contributed by atoms with Gasteiger partial charge in [0.05, 0.1) is 21.3 Å². The lowest BCUT2D eigenvalue weighted by atomic mass is 10.00. The molecule has 2 heterocycles. The summed E-state index contributed by atoms with van der Waals surface area (Å²) in [7, 11) is 4.88. The molecule has 1 aromatic carbocycles. The number of hydrogen-bond donors (Lipinski definition) is 0. The molecule has 2 unspecified atom stereocenters. The van der Waals surface area contributed by atoms with E-state index in [0.717, 1.165) is 31.2 Å². The van der Waals surface area contributed by atoms with Crippen LogP contribution in [0.5, 0.6) is 17.2 Å². The zero-order valence-corrected chi connectivity index (χ0v) is 16.9. The van der Waals surface area contributed by atoms with Crippen LogP contribution in [-0.4, -0.2) is 55.7 Å². The van der Waals surface area contributed by atoms with Crippen molar-refractivity contribution in [2.45, 2.75) is 55.9 Å². The predicted octanol–water partition coefficient (Wildman–Crippen LogP) is 3.53. The maximum Gasteiger partial charge on any atom is 0.223 e. The molecule has 0 N–H and O–H groups in total. The van der Waals surface area contributed by atoms with Gasteiger partial charge in [0.15, 0.2) is 0 Å². The van der Waals surface area contributed by atoms with Crippen LogP contribution in [0.15, 0.2) is 12.1 Å². The van der Waals surface area contributed by atoms with Gasteiger partial charge in [-0.25, -0.2) is 0 Å². The first-order valence-electron chi connectivity index (χ1n) is 9.24. The smallest absolute Gasteiger partial charge is 0.223 e. The predicted molar refractivity (Wildman–Crippen MR) is 105 cm³/mol. The minimum Gasteiger partial charge on any atom is -0.496 e. The average Bonchev–Trinajstić information content (AvgIpc) is 2.95. The SMILES string of the molecule is COc1cc(OC)c(CCC(=O)N2C3CCC2CC(SC)C3)c(OC)c1. The summed E-state index contributed by atoms with van der Waals surface area (Å²) in [6.07, 6.45) is 7.86. The molecule has 0 radical (unpaired) electrons. The fraction of sp³-hybridized carbons (Fsp3) is 0.650. The molecule has 2 aliphatic rings. The molecule has 0 spiro atoms.